The molecular weight excluding hydrogens is 452 g/mol. The van der Waals surface area contributed by atoms with E-state index in [4.69, 9.17) is 9.47 Å². The van der Waals surface area contributed by atoms with Gasteiger partial charge in [-0.2, -0.15) is 0 Å². The van der Waals surface area contributed by atoms with Crippen LogP contribution in [0.3, 0.4) is 0 Å². The minimum atomic E-state index is -0.539. The van der Waals surface area contributed by atoms with Crippen molar-refractivity contribution in [1.82, 2.24) is 4.90 Å². The highest BCUT2D eigenvalue weighted by Crippen LogP contribution is 2.35. The van der Waals surface area contributed by atoms with E-state index in [9.17, 15) is 24.5 Å². The van der Waals surface area contributed by atoms with Crippen LogP contribution in [0.2, 0.25) is 0 Å². The van der Waals surface area contributed by atoms with Crippen molar-refractivity contribution in [3.63, 3.8) is 0 Å². The van der Waals surface area contributed by atoms with Crippen LogP contribution in [0.15, 0.2) is 47.4 Å². The lowest BCUT2D eigenvalue weighted by molar-refractivity contribution is -0.384. The number of amides is 2. The fourth-order valence-electron chi connectivity index (χ4n) is 2.89. The number of thioether (sulfide) groups is 1. The summed E-state index contributed by atoms with van der Waals surface area (Å²) in [7, 11) is 1.26. The van der Waals surface area contributed by atoms with Gasteiger partial charge in [-0.3, -0.25) is 24.6 Å². The van der Waals surface area contributed by atoms with Gasteiger partial charge in [-0.05, 0) is 48.0 Å². The summed E-state index contributed by atoms with van der Waals surface area (Å²) in [6.45, 7) is 1.87. The van der Waals surface area contributed by atoms with Crippen LogP contribution in [0.4, 0.5) is 10.5 Å². The van der Waals surface area contributed by atoms with Gasteiger partial charge in [0.15, 0.2) is 18.1 Å². The fourth-order valence-corrected chi connectivity index (χ4v) is 3.73. The van der Waals surface area contributed by atoms with E-state index in [0.29, 0.717) is 29.2 Å². The third-order valence-electron chi connectivity index (χ3n) is 4.50. The number of methoxy groups -OCH3 is 1. The number of carbonyl (C=O) groups excluding carboxylic acids is 3. The Balaban J connectivity index is 1.76. The van der Waals surface area contributed by atoms with Crippen LogP contribution in [0.5, 0.6) is 11.5 Å². The number of non-ortho nitro benzene ring substituents is 1. The maximum Gasteiger partial charge on any atom is 0.343 e. The summed E-state index contributed by atoms with van der Waals surface area (Å²) in [6.07, 6.45) is 1.56. The smallest absolute Gasteiger partial charge is 0.343 e. The first-order valence-corrected chi connectivity index (χ1v) is 10.6. The lowest BCUT2D eigenvalue weighted by Crippen LogP contribution is -2.27. The molecule has 0 N–H and O–H groups in total. The zero-order chi connectivity index (χ0) is 24.0. The number of nitro groups is 1. The van der Waals surface area contributed by atoms with Crippen LogP contribution in [0.1, 0.15) is 18.1 Å². The van der Waals surface area contributed by atoms with Gasteiger partial charge in [-0.15, -0.1) is 0 Å². The Bertz CT molecular complexity index is 1110. The molecule has 1 aliphatic rings. The SMILES string of the molecule is CCOc1cc(/C=C2/SC(=O)N(Cc3ccc([N+](=O)[O-])cc3)C2=O)ccc1OCC(=O)OC. The summed E-state index contributed by atoms with van der Waals surface area (Å²) in [5, 5.41) is 10.3. The molecule has 0 radical (unpaired) electrons. The van der Waals surface area contributed by atoms with E-state index >= 15 is 0 Å². The van der Waals surface area contributed by atoms with Crippen molar-refractivity contribution in [1.29, 1.82) is 0 Å². The Morgan fingerprint density at radius 2 is 1.85 bits per heavy atom. The third kappa shape index (κ3) is 5.89. The van der Waals surface area contributed by atoms with E-state index in [1.54, 1.807) is 31.2 Å². The molecule has 3 rings (SSSR count). The average molecular weight is 472 g/mol. The number of nitro benzene ring substituents is 1. The number of imide groups is 1. The Kier molecular flexibility index (Phi) is 7.67. The number of esters is 1. The Morgan fingerprint density at radius 1 is 1.12 bits per heavy atom. The molecule has 2 amide bonds. The zero-order valence-corrected chi connectivity index (χ0v) is 18.6. The molecule has 0 spiro atoms. The van der Waals surface area contributed by atoms with Gasteiger partial charge in [0.2, 0.25) is 0 Å². The van der Waals surface area contributed by atoms with Gasteiger partial charge in [0.1, 0.15) is 0 Å². The predicted octanol–water partition coefficient (Wildman–Crippen LogP) is 3.78. The zero-order valence-electron chi connectivity index (χ0n) is 17.8. The molecule has 172 valence electrons. The summed E-state index contributed by atoms with van der Waals surface area (Å²) < 4.78 is 15.5. The largest absolute Gasteiger partial charge is 0.490 e. The van der Waals surface area contributed by atoms with Gasteiger partial charge in [-0.1, -0.05) is 18.2 Å². The minimum Gasteiger partial charge on any atom is -0.490 e. The van der Waals surface area contributed by atoms with Gasteiger partial charge >= 0.3 is 5.97 Å². The summed E-state index contributed by atoms with van der Waals surface area (Å²) in [5.74, 6) is -0.290. The first-order chi connectivity index (χ1) is 15.8. The summed E-state index contributed by atoms with van der Waals surface area (Å²) in [4.78, 5) is 48.1. The molecule has 2 aromatic rings. The van der Waals surface area contributed by atoms with Gasteiger partial charge < -0.3 is 14.2 Å². The molecule has 0 atom stereocenters. The second-order valence-corrected chi connectivity index (χ2v) is 7.69. The normalized spacial score (nSPS) is 14.5. The molecule has 1 fully saturated rings. The van der Waals surface area contributed by atoms with Crippen LogP contribution >= 0.6 is 11.8 Å². The topological polar surface area (TPSA) is 125 Å². The van der Waals surface area contributed by atoms with E-state index in [1.165, 1.54) is 31.4 Å². The quantitative estimate of drug-likeness (QED) is 0.232. The summed E-state index contributed by atoms with van der Waals surface area (Å²) >= 11 is 0.802. The Hall–Kier alpha value is -3.86. The van der Waals surface area contributed by atoms with Crippen molar-refractivity contribution in [2.24, 2.45) is 0 Å². The first-order valence-electron chi connectivity index (χ1n) is 9.77. The molecule has 1 aliphatic heterocycles. The lowest BCUT2D eigenvalue weighted by atomic mass is 10.1. The second-order valence-electron chi connectivity index (χ2n) is 6.70. The molecule has 0 bridgehead atoms. The van der Waals surface area contributed by atoms with Crippen molar-refractivity contribution >= 4 is 40.6 Å². The molecule has 11 heteroatoms. The van der Waals surface area contributed by atoms with Gasteiger partial charge in [0, 0.05) is 12.1 Å². The highest BCUT2D eigenvalue weighted by molar-refractivity contribution is 8.18. The fraction of sp³-hybridized carbons (Fsp3) is 0.227. The second kappa shape index (κ2) is 10.6. The van der Waals surface area contributed by atoms with Crippen molar-refractivity contribution in [2.75, 3.05) is 20.3 Å². The van der Waals surface area contributed by atoms with Crippen molar-refractivity contribution in [2.45, 2.75) is 13.5 Å². The first kappa shape index (κ1) is 23.8. The van der Waals surface area contributed by atoms with Gasteiger partial charge in [0.25, 0.3) is 16.8 Å². The molecule has 0 aliphatic carbocycles. The Morgan fingerprint density at radius 3 is 2.48 bits per heavy atom. The highest BCUT2D eigenvalue weighted by atomic mass is 32.2. The number of hydrogen-bond donors (Lipinski definition) is 0. The van der Waals surface area contributed by atoms with Crippen LogP contribution in [0.25, 0.3) is 6.08 Å². The number of benzene rings is 2. The van der Waals surface area contributed by atoms with E-state index in [0.717, 1.165) is 16.7 Å². The van der Waals surface area contributed by atoms with E-state index < -0.39 is 22.0 Å². The predicted molar refractivity (Wildman–Crippen MR) is 120 cm³/mol. The molecule has 0 unspecified atom stereocenters. The number of hydrogen-bond acceptors (Lipinski definition) is 9. The molecule has 1 heterocycles. The molecule has 2 aromatic carbocycles. The van der Waals surface area contributed by atoms with Crippen molar-refractivity contribution < 1.29 is 33.5 Å². The maximum absolute atomic E-state index is 12.8. The number of carbonyl (C=O) groups is 3. The van der Waals surface area contributed by atoms with E-state index in [1.807, 2.05) is 0 Å². The number of ether oxygens (including phenoxy) is 3. The summed E-state index contributed by atoms with van der Waals surface area (Å²) in [6, 6.07) is 10.6. The molecule has 1 saturated heterocycles. The average Bonchev–Trinajstić information content (AvgIpc) is 3.06. The standard InChI is InChI=1S/C22H20N2O8S/c1-3-31-18-10-15(6-9-17(18)32-13-20(25)30-2)11-19-21(26)23(22(27)33-19)12-14-4-7-16(8-5-14)24(28)29/h4-11H,3,12-13H2,1-2H3/b19-11+. The Labute approximate surface area is 193 Å². The van der Waals surface area contributed by atoms with E-state index in [2.05, 4.69) is 4.74 Å². The van der Waals surface area contributed by atoms with Crippen LogP contribution < -0.4 is 9.47 Å². The van der Waals surface area contributed by atoms with Crippen LogP contribution in [-0.2, 0) is 20.9 Å². The third-order valence-corrected chi connectivity index (χ3v) is 5.41. The van der Waals surface area contributed by atoms with Gasteiger partial charge in [0.05, 0.1) is 30.1 Å². The minimum absolute atomic E-state index is 0.00447. The lowest BCUT2D eigenvalue weighted by Gasteiger charge is -2.12. The monoisotopic (exact) mass is 472 g/mol. The van der Waals surface area contributed by atoms with Crippen LogP contribution in [0, 0.1) is 10.1 Å². The molecule has 0 saturated carbocycles. The van der Waals surface area contributed by atoms with Crippen LogP contribution in [-0.4, -0.2) is 47.3 Å². The van der Waals surface area contributed by atoms with Gasteiger partial charge in [-0.25, -0.2) is 4.79 Å². The maximum atomic E-state index is 12.8. The molecule has 33 heavy (non-hydrogen) atoms. The number of nitrogens with zero attached hydrogens (tertiary/aromatic N) is 2. The molecule has 0 aromatic heterocycles. The molecular formula is C22H20N2O8S. The molecule has 10 nitrogen and oxygen atoms in total. The highest BCUT2D eigenvalue weighted by Gasteiger charge is 2.35. The van der Waals surface area contributed by atoms with E-state index in [-0.39, 0.29) is 23.7 Å². The summed E-state index contributed by atoms with van der Waals surface area (Å²) in [5.41, 5.74) is 1.12. The number of rotatable bonds is 9. The van der Waals surface area contributed by atoms with Crippen molar-refractivity contribution in [3.05, 3.63) is 68.6 Å². The van der Waals surface area contributed by atoms with Crippen molar-refractivity contribution in [3.8, 4) is 11.5 Å².